The molecule has 17 heavy (non-hydrogen) atoms. The Hall–Kier alpha value is -1.69. The third kappa shape index (κ3) is 3.13. The number of hydrazine groups is 1. The van der Waals surface area contributed by atoms with Crippen molar-refractivity contribution in [3.63, 3.8) is 0 Å². The summed E-state index contributed by atoms with van der Waals surface area (Å²) in [5.41, 5.74) is 2.20. The lowest BCUT2D eigenvalue weighted by Gasteiger charge is -2.27. The highest BCUT2D eigenvalue weighted by Crippen LogP contribution is 2.26. The van der Waals surface area contributed by atoms with Gasteiger partial charge in [-0.1, -0.05) is 0 Å². The molecule has 0 aromatic carbocycles. The number of rotatable bonds is 3. The topological polar surface area (TPSA) is 90.1 Å². The summed E-state index contributed by atoms with van der Waals surface area (Å²) in [4.78, 5) is 19.2. The van der Waals surface area contributed by atoms with E-state index >= 15 is 0 Å². The van der Waals surface area contributed by atoms with E-state index in [0.717, 1.165) is 25.7 Å². The molecule has 0 unspecified atom stereocenters. The SMILES string of the molecule is NNC(=O)C1CCC(Oc2ccncn2)CC1. The van der Waals surface area contributed by atoms with Crippen LogP contribution in [0.4, 0.5) is 0 Å². The van der Waals surface area contributed by atoms with Gasteiger partial charge in [-0.05, 0) is 25.7 Å². The van der Waals surface area contributed by atoms with Gasteiger partial charge in [0.25, 0.3) is 0 Å². The van der Waals surface area contributed by atoms with Crippen molar-refractivity contribution in [1.82, 2.24) is 15.4 Å². The van der Waals surface area contributed by atoms with E-state index < -0.39 is 0 Å². The molecule has 6 heteroatoms. The molecule has 0 saturated heterocycles. The molecule has 6 nitrogen and oxygen atoms in total. The molecule has 1 aromatic heterocycles. The summed E-state index contributed by atoms with van der Waals surface area (Å²) in [7, 11) is 0. The van der Waals surface area contributed by atoms with Gasteiger partial charge in [-0.3, -0.25) is 10.2 Å². The van der Waals surface area contributed by atoms with Crippen LogP contribution in [0.1, 0.15) is 25.7 Å². The molecule has 0 spiro atoms. The lowest BCUT2D eigenvalue weighted by Crippen LogP contribution is -2.38. The Balaban J connectivity index is 1.82. The summed E-state index contributed by atoms with van der Waals surface area (Å²) in [6.07, 6.45) is 6.55. The summed E-state index contributed by atoms with van der Waals surface area (Å²) in [6, 6.07) is 1.73. The number of amides is 1. The van der Waals surface area contributed by atoms with Crippen molar-refractivity contribution in [2.45, 2.75) is 31.8 Å². The average Bonchev–Trinajstić information content (AvgIpc) is 2.40. The van der Waals surface area contributed by atoms with Crippen LogP contribution in [0.5, 0.6) is 5.88 Å². The normalized spacial score (nSPS) is 24.1. The van der Waals surface area contributed by atoms with Crippen molar-refractivity contribution in [3.8, 4) is 5.88 Å². The molecule has 0 atom stereocenters. The summed E-state index contributed by atoms with van der Waals surface area (Å²) < 4.78 is 5.70. The highest BCUT2D eigenvalue weighted by molar-refractivity contribution is 5.77. The van der Waals surface area contributed by atoms with Crippen LogP contribution < -0.4 is 16.0 Å². The zero-order valence-corrected chi connectivity index (χ0v) is 9.50. The fourth-order valence-corrected chi connectivity index (χ4v) is 2.08. The minimum Gasteiger partial charge on any atom is -0.474 e. The first kappa shape index (κ1) is 11.8. The maximum Gasteiger partial charge on any atom is 0.236 e. The van der Waals surface area contributed by atoms with Crippen molar-refractivity contribution in [2.75, 3.05) is 0 Å². The number of aromatic nitrogens is 2. The van der Waals surface area contributed by atoms with E-state index in [1.165, 1.54) is 6.33 Å². The number of carbonyl (C=O) groups excluding carboxylic acids is 1. The highest BCUT2D eigenvalue weighted by Gasteiger charge is 2.26. The molecule has 1 aromatic rings. The van der Waals surface area contributed by atoms with E-state index in [9.17, 15) is 4.79 Å². The number of hydrogen-bond donors (Lipinski definition) is 2. The molecule has 0 bridgehead atoms. The van der Waals surface area contributed by atoms with Crippen molar-refractivity contribution < 1.29 is 9.53 Å². The maximum absolute atomic E-state index is 11.3. The van der Waals surface area contributed by atoms with Crippen LogP contribution in [0, 0.1) is 5.92 Å². The third-order valence-corrected chi connectivity index (χ3v) is 3.03. The lowest BCUT2D eigenvalue weighted by molar-refractivity contribution is -0.126. The van der Waals surface area contributed by atoms with Crippen LogP contribution in [0.25, 0.3) is 0 Å². The zero-order chi connectivity index (χ0) is 12.1. The molecule has 1 aliphatic carbocycles. The largest absolute Gasteiger partial charge is 0.474 e. The predicted molar refractivity (Wildman–Crippen MR) is 60.7 cm³/mol. The summed E-state index contributed by atoms with van der Waals surface area (Å²) in [5.74, 6) is 5.64. The van der Waals surface area contributed by atoms with Gasteiger partial charge in [-0.2, -0.15) is 0 Å². The second-order valence-electron chi connectivity index (χ2n) is 4.15. The Labute approximate surface area is 99.6 Å². The Bertz CT molecular complexity index is 363. The number of nitrogens with one attached hydrogen (secondary N) is 1. The molecule has 1 heterocycles. The van der Waals surface area contributed by atoms with Crippen LogP contribution in [0.3, 0.4) is 0 Å². The molecule has 92 valence electrons. The van der Waals surface area contributed by atoms with E-state index in [2.05, 4.69) is 15.4 Å². The first-order valence-electron chi connectivity index (χ1n) is 5.72. The number of carbonyl (C=O) groups is 1. The van der Waals surface area contributed by atoms with Gasteiger partial charge in [-0.25, -0.2) is 15.8 Å². The molecule has 1 fully saturated rings. The van der Waals surface area contributed by atoms with E-state index in [4.69, 9.17) is 10.6 Å². The van der Waals surface area contributed by atoms with Gasteiger partial charge in [0.15, 0.2) is 0 Å². The number of nitrogens with zero attached hydrogens (tertiary/aromatic N) is 2. The van der Waals surface area contributed by atoms with Crippen LogP contribution in [0.2, 0.25) is 0 Å². The lowest BCUT2D eigenvalue weighted by atomic mass is 9.87. The molecule has 1 aliphatic rings. The van der Waals surface area contributed by atoms with Gasteiger partial charge in [0, 0.05) is 18.2 Å². The summed E-state index contributed by atoms with van der Waals surface area (Å²) in [5, 5.41) is 0. The first-order chi connectivity index (χ1) is 8.29. The van der Waals surface area contributed by atoms with Crippen molar-refractivity contribution >= 4 is 5.91 Å². The monoisotopic (exact) mass is 236 g/mol. The summed E-state index contributed by atoms with van der Waals surface area (Å²) >= 11 is 0. The summed E-state index contributed by atoms with van der Waals surface area (Å²) in [6.45, 7) is 0. The fraction of sp³-hybridized carbons (Fsp3) is 0.545. The molecule has 0 aliphatic heterocycles. The van der Waals surface area contributed by atoms with Crippen molar-refractivity contribution in [3.05, 3.63) is 18.6 Å². The molecular weight excluding hydrogens is 220 g/mol. The van der Waals surface area contributed by atoms with Gasteiger partial charge >= 0.3 is 0 Å². The quantitative estimate of drug-likeness (QED) is 0.450. The zero-order valence-electron chi connectivity index (χ0n) is 9.50. The predicted octanol–water partition coefficient (Wildman–Crippen LogP) is 0.404. The van der Waals surface area contributed by atoms with Crippen LogP contribution in [-0.4, -0.2) is 22.0 Å². The molecule has 1 amide bonds. The van der Waals surface area contributed by atoms with Crippen molar-refractivity contribution in [1.29, 1.82) is 0 Å². The van der Waals surface area contributed by atoms with Gasteiger partial charge < -0.3 is 4.74 Å². The van der Waals surface area contributed by atoms with E-state index in [-0.39, 0.29) is 17.9 Å². The molecule has 0 radical (unpaired) electrons. The van der Waals surface area contributed by atoms with Gasteiger partial charge in [0.2, 0.25) is 11.8 Å². The Morgan fingerprint density at radius 2 is 2.18 bits per heavy atom. The first-order valence-corrected chi connectivity index (χ1v) is 5.72. The second-order valence-corrected chi connectivity index (χ2v) is 4.15. The van der Waals surface area contributed by atoms with E-state index in [0.29, 0.717) is 5.88 Å². The standard InChI is InChI=1S/C11H16N4O2/c12-15-11(16)8-1-3-9(4-2-8)17-10-5-6-13-7-14-10/h5-9H,1-4,12H2,(H,15,16). The third-order valence-electron chi connectivity index (χ3n) is 3.03. The number of nitrogens with two attached hydrogens (primary N) is 1. The van der Waals surface area contributed by atoms with Gasteiger partial charge in [-0.15, -0.1) is 0 Å². The minimum absolute atomic E-state index is 0.0187. The maximum atomic E-state index is 11.3. The Morgan fingerprint density at radius 1 is 1.41 bits per heavy atom. The Kier molecular flexibility index (Phi) is 3.87. The second kappa shape index (κ2) is 5.58. The van der Waals surface area contributed by atoms with Crippen LogP contribution >= 0.6 is 0 Å². The van der Waals surface area contributed by atoms with E-state index in [1.807, 2.05) is 0 Å². The van der Waals surface area contributed by atoms with Crippen LogP contribution in [0.15, 0.2) is 18.6 Å². The van der Waals surface area contributed by atoms with Gasteiger partial charge in [0.1, 0.15) is 12.4 Å². The van der Waals surface area contributed by atoms with Crippen molar-refractivity contribution in [2.24, 2.45) is 11.8 Å². The fourth-order valence-electron chi connectivity index (χ4n) is 2.08. The van der Waals surface area contributed by atoms with Crippen LogP contribution in [-0.2, 0) is 4.79 Å². The Morgan fingerprint density at radius 3 is 2.76 bits per heavy atom. The molecule has 1 saturated carbocycles. The smallest absolute Gasteiger partial charge is 0.236 e. The highest BCUT2D eigenvalue weighted by atomic mass is 16.5. The minimum atomic E-state index is -0.0783. The average molecular weight is 236 g/mol. The molecular formula is C11H16N4O2. The van der Waals surface area contributed by atoms with Gasteiger partial charge in [0.05, 0.1) is 0 Å². The number of ether oxygens (including phenoxy) is 1. The molecule has 2 rings (SSSR count). The number of hydrogen-bond acceptors (Lipinski definition) is 5. The van der Waals surface area contributed by atoms with E-state index in [1.54, 1.807) is 12.3 Å². The molecule has 3 N–H and O–H groups in total.